The first-order valence-electron chi connectivity index (χ1n) is 6.57. The maximum absolute atomic E-state index is 12.6. The number of urea groups is 1. The summed E-state index contributed by atoms with van der Waals surface area (Å²) in [5.41, 5.74) is 1.69. The maximum atomic E-state index is 12.6. The average Bonchev–Trinajstić information content (AvgIpc) is 2.93. The predicted molar refractivity (Wildman–Crippen MR) is 81.4 cm³/mol. The Labute approximate surface area is 122 Å². The molecule has 0 saturated heterocycles. The van der Waals surface area contributed by atoms with Crippen LogP contribution >= 0.6 is 0 Å². The molecule has 1 aliphatic rings. The molecule has 0 unspecified atom stereocenters. The van der Waals surface area contributed by atoms with E-state index < -0.39 is 0 Å². The van der Waals surface area contributed by atoms with Gasteiger partial charge in [0.2, 0.25) is 0 Å². The summed E-state index contributed by atoms with van der Waals surface area (Å²) in [5, 5.41) is 8.90. The monoisotopic (exact) mass is 284 g/mol. The Morgan fingerprint density at radius 2 is 2.05 bits per heavy atom. The molecule has 2 heterocycles. The van der Waals surface area contributed by atoms with E-state index in [9.17, 15) is 4.79 Å². The Morgan fingerprint density at radius 3 is 2.76 bits per heavy atom. The van der Waals surface area contributed by atoms with E-state index in [0.717, 1.165) is 17.1 Å². The van der Waals surface area contributed by atoms with Gasteiger partial charge < -0.3 is 10.2 Å². The molecule has 7 heteroatoms. The molecule has 1 aromatic carbocycles. The van der Waals surface area contributed by atoms with Crippen molar-refractivity contribution >= 4 is 23.9 Å². The van der Waals surface area contributed by atoms with Gasteiger partial charge in [0.25, 0.3) is 0 Å². The lowest BCUT2D eigenvalue weighted by Gasteiger charge is -2.27. The summed E-state index contributed by atoms with van der Waals surface area (Å²) in [4.78, 5) is 19.8. The molecular weight excluding hydrogens is 268 g/mol. The minimum absolute atomic E-state index is 0.184. The molecule has 2 amide bonds. The topological polar surface area (TPSA) is 65.8 Å². The number of amides is 2. The standard InChI is InChI=1S/C14H16N6O/c1-18(2)14(21)19(12-6-4-3-5-7-12)20-13-11(9-17-20)8-15-10-16-13/h3-7,9-10H,8H2,1-2H3,(H,15,16). The molecule has 0 spiro atoms. The van der Waals surface area contributed by atoms with Crippen LogP contribution in [-0.4, -0.2) is 41.3 Å². The smallest absolute Gasteiger partial charge is 0.330 e. The van der Waals surface area contributed by atoms with Gasteiger partial charge in [0.05, 0.1) is 24.8 Å². The third kappa shape index (κ3) is 2.33. The van der Waals surface area contributed by atoms with Gasteiger partial charge in [-0.2, -0.15) is 10.1 Å². The maximum Gasteiger partial charge on any atom is 0.344 e. The van der Waals surface area contributed by atoms with Crippen molar-refractivity contribution in [1.29, 1.82) is 0 Å². The third-order valence-electron chi connectivity index (χ3n) is 3.14. The molecule has 0 atom stereocenters. The second-order valence-corrected chi connectivity index (χ2v) is 4.85. The zero-order valence-corrected chi connectivity index (χ0v) is 11.9. The molecule has 1 N–H and O–H groups in total. The highest BCUT2D eigenvalue weighted by molar-refractivity contribution is 5.92. The number of carbonyl (C=O) groups is 1. The van der Waals surface area contributed by atoms with Crippen LogP contribution in [0.1, 0.15) is 5.56 Å². The first kappa shape index (κ1) is 13.2. The van der Waals surface area contributed by atoms with Crippen LogP contribution in [0.3, 0.4) is 0 Å². The van der Waals surface area contributed by atoms with Crippen LogP contribution in [-0.2, 0) is 6.54 Å². The first-order valence-corrected chi connectivity index (χ1v) is 6.57. The molecule has 0 saturated carbocycles. The summed E-state index contributed by atoms with van der Waals surface area (Å²) in [7, 11) is 3.42. The van der Waals surface area contributed by atoms with Crippen LogP contribution in [0.5, 0.6) is 0 Å². The number of anilines is 2. The fourth-order valence-corrected chi connectivity index (χ4v) is 2.10. The zero-order valence-electron chi connectivity index (χ0n) is 11.9. The van der Waals surface area contributed by atoms with E-state index >= 15 is 0 Å². The number of hydrogen-bond acceptors (Lipinski definition) is 4. The van der Waals surface area contributed by atoms with E-state index in [-0.39, 0.29) is 6.03 Å². The van der Waals surface area contributed by atoms with Gasteiger partial charge in [-0.25, -0.2) is 4.79 Å². The third-order valence-corrected chi connectivity index (χ3v) is 3.14. The normalized spacial score (nSPS) is 12.5. The lowest BCUT2D eigenvalue weighted by Crippen LogP contribution is -2.44. The molecule has 1 aliphatic heterocycles. The average molecular weight is 284 g/mol. The molecule has 1 aromatic heterocycles. The molecule has 0 fully saturated rings. The van der Waals surface area contributed by atoms with Crippen LogP contribution in [0.2, 0.25) is 0 Å². The number of rotatable bonds is 2. The number of hydrogen-bond donors (Lipinski definition) is 1. The minimum atomic E-state index is -0.184. The molecule has 7 nitrogen and oxygen atoms in total. The molecule has 0 aliphatic carbocycles. The lowest BCUT2D eigenvalue weighted by atomic mass is 10.3. The number of aliphatic imine (C=N–C) groups is 1. The summed E-state index contributed by atoms with van der Waals surface area (Å²) < 4.78 is 0. The quantitative estimate of drug-likeness (QED) is 0.914. The summed E-state index contributed by atoms with van der Waals surface area (Å²) in [6, 6.07) is 9.23. The first-order chi connectivity index (χ1) is 10.2. The number of aromatic nitrogens is 2. The minimum Gasteiger partial charge on any atom is -0.330 e. The van der Waals surface area contributed by atoms with Gasteiger partial charge >= 0.3 is 6.03 Å². The summed E-state index contributed by atoms with van der Waals surface area (Å²) in [6.45, 7) is 0.557. The van der Waals surface area contributed by atoms with Gasteiger partial charge in [0.1, 0.15) is 0 Å². The van der Waals surface area contributed by atoms with Crippen molar-refractivity contribution in [2.45, 2.75) is 6.54 Å². The second kappa shape index (κ2) is 5.28. The Balaban J connectivity index is 2.09. The van der Waals surface area contributed by atoms with Crippen molar-refractivity contribution in [2.24, 2.45) is 4.99 Å². The van der Waals surface area contributed by atoms with E-state index in [4.69, 9.17) is 0 Å². The van der Waals surface area contributed by atoms with E-state index in [1.807, 2.05) is 30.3 Å². The molecule has 0 bridgehead atoms. The Hall–Kier alpha value is -2.83. The highest BCUT2D eigenvalue weighted by Crippen LogP contribution is 2.24. The van der Waals surface area contributed by atoms with Gasteiger partial charge in [0.15, 0.2) is 5.82 Å². The summed E-state index contributed by atoms with van der Waals surface area (Å²) in [6.07, 6.45) is 3.33. The van der Waals surface area contributed by atoms with Crippen LogP contribution in [0, 0.1) is 0 Å². The number of benzene rings is 1. The Morgan fingerprint density at radius 1 is 1.29 bits per heavy atom. The molecule has 21 heavy (non-hydrogen) atoms. The van der Waals surface area contributed by atoms with Crippen molar-refractivity contribution < 1.29 is 4.79 Å². The zero-order chi connectivity index (χ0) is 14.8. The fourth-order valence-electron chi connectivity index (χ4n) is 2.10. The van der Waals surface area contributed by atoms with Crippen molar-refractivity contribution in [1.82, 2.24) is 14.8 Å². The molecule has 108 valence electrons. The van der Waals surface area contributed by atoms with E-state index in [2.05, 4.69) is 15.4 Å². The van der Waals surface area contributed by atoms with Crippen molar-refractivity contribution in [3.8, 4) is 0 Å². The number of carbonyl (C=O) groups excluding carboxylic acids is 1. The van der Waals surface area contributed by atoms with Gasteiger partial charge in [-0.05, 0) is 12.1 Å². The van der Waals surface area contributed by atoms with E-state index in [0.29, 0.717) is 6.54 Å². The van der Waals surface area contributed by atoms with Gasteiger partial charge in [-0.3, -0.25) is 4.99 Å². The van der Waals surface area contributed by atoms with E-state index in [1.165, 1.54) is 9.91 Å². The van der Waals surface area contributed by atoms with Gasteiger partial charge in [0, 0.05) is 19.7 Å². The van der Waals surface area contributed by atoms with Gasteiger partial charge in [-0.15, -0.1) is 4.79 Å². The Bertz CT molecular complexity index is 676. The van der Waals surface area contributed by atoms with E-state index in [1.54, 1.807) is 31.4 Å². The number of fused-ring (bicyclic) bond motifs is 1. The number of nitrogens with one attached hydrogen (secondary N) is 1. The predicted octanol–water partition coefficient (Wildman–Crippen LogP) is 1.79. The van der Waals surface area contributed by atoms with Crippen LogP contribution in [0.25, 0.3) is 0 Å². The molecule has 3 rings (SSSR count). The Kier molecular flexibility index (Phi) is 3.31. The molecule has 2 aromatic rings. The highest BCUT2D eigenvalue weighted by atomic mass is 16.2. The van der Waals surface area contributed by atoms with Crippen LogP contribution < -0.4 is 10.3 Å². The van der Waals surface area contributed by atoms with Crippen molar-refractivity contribution in [3.63, 3.8) is 0 Å². The SMILES string of the molecule is CN(C)C(=O)N(c1ccccc1)n1ncc2c1NC=NC2. The highest BCUT2D eigenvalue weighted by Gasteiger charge is 2.25. The number of para-hydroxylation sites is 1. The molecular formula is C14H16N6O. The van der Waals surface area contributed by atoms with Crippen LogP contribution in [0.4, 0.5) is 16.3 Å². The second-order valence-electron chi connectivity index (χ2n) is 4.85. The summed E-state index contributed by atoms with van der Waals surface area (Å²) >= 11 is 0. The van der Waals surface area contributed by atoms with Gasteiger partial charge in [-0.1, -0.05) is 18.2 Å². The largest absolute Gasteiger partial charge is 0.344 e. The lowest BCUT2D eigenvalue weighted by molar-refractivity contribution is 0.220. The van der Waals surface area contributed by atoms with Crippen LogP contribution in [0.15, 0.2) is 41.5 Å². The fraction of sp³-hybridized carbons (Fsp3) is 0.214. The molecule has 0 radical (unpaired) electrons. The van der Waals surface area contributed by atoms with Crippen molar-refractivity contribution in [3.05, 3.63) is 42.1 Å². The summed E-state index contributed by atoms with van der Waals surface area (Å²) in [5.74, 6) is 0.754. The number of nitrogens with zero attached hydrogens (tertiary/aromatic N) is 5. The van der Waals surface area contributed by atoms with Crippen molar-refractivity contribution in [2.75, 3.05) is 24.4 Å².